The van der Waals surface area contributed by atoms with Gasteiger partial charge in [-0.15, -0.1) is 0 Å². The third kappa shape index (κ3) is 4.35. The highest BCUT2D eigenvalue weighted by Crippen LogP contribution is 2.19. The fourth-order valence-electron chi connectivity index (χ4n) is 2.55. The normalized spacial score (nSPS) is 13.9. The zero-order chi connectivity index (χ0) is 16.1. The second kappa shape index (κ2) is 7.32. The molecule has 2 aromatic rings. The lowest BCUT2D eigenvalue weighted by molar-refractivity contribution is 0.907. The molecule has 6 nitrogen and oxygen atoms in total. The quantitative estimate of drug-likeness (QED) is 0.835. The summed E-state index contributed by atoms with van der Waals surface area (Å²) in [6.07, 6.45) is 6.00. The van der Waals surface area contributed by atoms with Gasteiger partial charge in [0.1, 0.15) is 5.82 Å². The van der Waals surface area contributed by atoms with Crippen LogP contribution in [-0.2, 0) is 6.54 Å². The summed E-state index contributed by atoms with van der Waals surface area (Å²) in [5, 5.41) is 6.72. The van der Waals surface area contributed by atoms with Gasteiger partial charge in [0.15, 0.2) is 5.11 Å². The lowest BCUT2D eigenvalue weighted by atomic mass is 10.3. The first kappa shape index (κ1) is 15.6. The van der Waals surface area contributed by atoms with Crippen molar-refractivity contribution in [2.75, 3.05) is 23.3 Å². The van der Waals surface area contributed by atoms with Crippen molar-refractivity contribution in [1.82, 2.24) is 20.3 Å². The molecule has 0 aromatic carbocycles. The molecule has 7 heteroatoms. The van der Waals surface area contributed by atoms with Gasteiger partial charge in [0.05, 0.1) is 0 Å². The van der Waals surface area contributed by atoms with E-state index >= 15 is 0 Å². The Balaban J connectivity index is 1.61. The maximum Gasteiger partial charge on any atom is 0.231 e. The van der Waals surface area contributed by atoms with E-state index in [2.05, 4.69) is 30.5 Å². The minimum Gasteiger partial charge on any atom is -0.358 e. The number of hydrogen-bond acceptors (Lipinski definition) is 5. The first-order chi connectivity index (χ1) is 11.2. The van der Waals surface area contributed by atoms with Gasteiger partial charge < -0.3 is 15.5 Å². The summed E-state index contributed by atoms with van der Waals surface area (Å²) in [6, 6.07) is 5.92. The Morgan fingerprint density at radius 2 is 2.13 bits per heavy atom. The molecule has 0 radical (unpaired) electrons. The van der Waals surface area contributed by atoms with Crippen molar-refractivity contribution in [2.45, 2.75) is 26.3 Å². The van der Waals surface area contributed by atoms with Crippen LogP contribution in [-0.4, -0.2) is 33.2 Å². The van der Waals surface area contributed by atoms with E-state index in [9.17, 15) is 0 Å². The average Bonchev–Trinajstić information content (AvgIpc) is 3.08. The molecule has 3 heterocycles. The van der Waals surface area contributed by atoms with Gasteiger partial charge in [-0.2, -0.15) is 4.98 Å². The van der Waals surface area contributed by atoms with Crippen LogP contribution in [0.1, 0.15) is 24.1 Å². The van der Waals surface area contributed by atoms with E-state index in [0.717, 1.165) is 30.2 Å². The molecule has 3 rings (SSSR count). The SMILES string of the molecule is Cc1cc(N2CCCC2)nc(NC(=S)NCc2cccnc2)n1. The number of nitrogens with one attached hydrogen (secondary N) is 2. The third-order valence-electron chi connectivity index (χ3n) is 3.67. The molecule has 0 aliphatic carbocycles. The molecule has 0 unspecified atom stereocenters. The minimum atomic E-state index is 0.506. The van der Waals surface area contributed by atoms with Crippen LogP contribution in [0.4, 0.5) is 11.8 Å². The highest BCUT2D eigenvalue weighted by molar-refractivity contribution is 7.80. The fourth-order valence-corrected chi connectivity index (χ4v) is 2.71. The summed E-state index contributed by atoms with van der Waals surface area (Å²) in [5.41, 5.74) is 2.00. The smallest absolute Gasteiger partial charge is 0.231 e. The van der Waals surface area contributed by atoms with Crippen molar-refractivity contribution in [3.05, 3.63) is 41.9 Å². The number of aromatic nitrogens is 3. The topological polar surface area (TPSA) is 66.0 Å². The lowest BCUT2D eigenvalue weighted by Crippen LogP contribution is -2.29. The Morgan fingerprint density at radius 1 is 1.30 bits per heavy atom. The number of hydrogen-bond donors (Lipinski definition) is 2. The second-order valence-corrected chi connectivity index (χ2v) is 5.96. The first-order valence-corrected chi connectivity index (χ1v) is 8.16. The first-order valence-electron chi connectivity index (χ1n) is 7.75. The van der Waals surface area contributed by atoms with Gasteiger partial charge in [0.25, 0.3) is 0 Å². The predicted molar refractivity (Wildman–Crippen MR) is 95.5 cm³/mol. The molecular formula is C16H20N6S. The maximum absolute atomic E-state index is 5.32. The van der Waals surface area contributed by atoms with Crippen molar-refractivity contribution in [3.63, 3.8) is 0 Å². The molecule has 2 N–H and O–H groups in total. The van der Waals surface area contributed by atoms with E-state index in [1.807, 2.05) is 31.3 Å². The van der Waals surface area contributed by atoms with Gasteiger partial charge >= 0.3 is 0 Å². The average molecular weight is 328 g/mol. The molecule has 0 spiro atoms. The molecule has 2 aromatic heterocycles. The van der Waals surface area contributed by atoms with Gasteiger partial charge in [-0.05, 0) is 43.6 Å². The standard InChI is InChI=1S/C16H20N6S/c1-12-9-14(22-7-2-3-8-22)20-15(19-12)21-16(23)18-11-13-5-4-6-17-10-13/h4-6,9-10H,2-3,7-8,11H2,1H3,(H2,18,19,20,21,23). The van der Waals surface area contributed by atoms with E-state index < -0.39 is 0 Å². The number of anilines is 2. The predicted octanol–water partition coefficient (Wildman–Crippen LogP) is 2.27. The molecule has 0 bridgehead atoms. The largest absolute Gasteiger partial charge is 0.358 e. The summed E-state index contributed by atoms with van der Waals surface area (Å²) in [7, 11) is 0. The Labute approximate surface area is 141 Å². The van der Waals surface area contributed by atoms with E-state index in [1.54, 1.807) is 6.20 Å². The summed E-state index contributed by atoms with van der Waals surface area (Å²) < 4.78 is 0. The van der Waals surface area contributed by atoms with E-state index in [-0.39, 0.29) is 0 Å². The summed E-state index contributed by atoms with van der Waals surface area (Å²) in [6.45, 7) is 4.70. The van der Waals surface area contributed by atoms with Crippen molar-refractivity contribution < 1.29 is 0 Å². The summed E-state index contributed by atoms with van der Waals surface area (Å²) in [5.74, 6) is 1.50. The monoisotopic (exact) mass is 328 g/mol. The van der Waals surface area contributed by atoms with Crippen LogP contribution in [0.15, 0.2) is 30.6 Å². The molecule has 1 aliphatic rings. The van der Waals surface area contributed by atoms with Crippen LogP contribution in [0.5, 0.6) is 0 Å². The van der Waals surface area contributed by atoms with Gasteiger partial charge in [-0.25, -0.2) is 4.98 Å². The molecule has 120 valence electrons. The zero-order valence-corrected chi connectivity index (χ0v) is 13.9. The molecule has 1 aliphatic heterocycles. The molecule has 0 amide bonds. The van der Waals surface area contributed by atoms with Crippen LogP contribution in [0, 0.1) is 6.92 Å². The Bertz CT molecular complexity index is 670. The van der Waals surface area contributed by atoms with Gasteiger partial charge in [0.2, 0.25) is 5.95 Å². The van der Waals surface area contributed by atoms with Crippen LogP contribution in [0.25, 0.3) is 0 Å². The third-order valence-corrected chi connectivity index (χ3v) is 3.92. The van der Waals surface area contributed by atoms with E-state index in [4.69, 9.17) is 12.2 Å². The van der Waals surface area contributed by atoms with Crippen molar-refractivity contribution >= 4 is 29.1 Å². The van der Waals surface area contributed by atoms with Crippen LogP contribution >= 0.6 is 12.2 Å². The number of aryl methyl sites for hydroxylation is 1. The van der Waals surface area contributed by atoms with Crippen LogP contribution in [0.3, 0.4) is 0 Å². The van der Waals surface area contributed by atoms with Crippen molar-refractivity contribution in [1.29, 1.82) is 0 Å². The number of nitrogens with zero attached hydrogens (tertiary/aromatic N) is 4. The van der Waals surface area contributed by atoms with Crippen LogP contribution in [0.2, 0.25) is 0 Å². The molecule has 0 atom stereocenters. The van der Waals surface area contributed by atoms with Crippen molar-refractivity contribution in [2.24, 2.45) is 0 Å². The zero-order valence-electron chi connectivity index (χ0n) is 13.1. The number of pyridine rings is 1. The molecular weight excluding hydrogens is 308 g/mol. The molecule has 23 heavy (non-hydrogen) atoms. The minimum absolute atomic E-state index is 0.506. The van der Waals surface area contributed by atoms with Gasteiger partial charge in [0, 0.05) is 43.8 Å². The summed E-state index contributed by atoms with van der Waals surface area (Å²) in [4.78, 5) is 15.3. The summed E-state index contributed by atoms with van der Waals surface area (Å²) >= 11 is 5.32. The Hall–Kier alpha value is -2.28. The molecule has 1 fully saturated rings. The Morgan fingerprint density at radius 3 is 2.87 bits per heavy atom. The van der Waals surface area contributed by atoms with E-state index in [1.165, 1.54) is 12.8 Å². The lowest BCUT2D eigenvalue weighted by Gasteiger charge is -2.18. The molecule has 1 saturated heterocycles. The van der Waals surface area contributed by atoms with E-state index in [0.29, 0.717) is 17.6 Å². The maximum atomic E-state index is 5.32. The van der Waals surface area contributed by atoms with Crippen molar-refractivity contribution in [3.8, 4) is 0 Å². The highest BCUT2D eigenvalue weighted by Gasteiger charge is 2.15. The molecule has 0 saturated carbocycles. The number of thiocarbonyl (C=S) groups is 1. The van der Waals surface area contributed by atoms with Gasteiger partial charge in [-0.1, -0.05) is 6.07 Å². The second-order valence-electron chi connectivity index (χ2n) is 5.55. The van der Waals surface area contributed by atoms with Crippen LogP contribution < -0.4 is 15.5 Å². The number of rotatable bonds is 4. The highest BCUT2D eigenvalue weighted by atomic mass is 32.1. The van der Waals surface area contributed by atoms with Gasteiger partial charge in [-0.3, -0.25) is 4.98 Å². The fraction of sp³-hybridized carbons (Fsp3) is 0.375. The Kier molecular flexibility index (Phi) is 4.97.